The van der Waals surface area contributed by atoms with Gasteiger partial charge in [0.25, 0.3) is 0 Å². The summed E-state index contributed by atoms with van der Waals surface area (Å²) < 4.78 is 43.9. The van der Waals surface area contributed by atoms with Crippen molar-refractivity contribution in [2.45, 2.75) is 10.7 Å². The number of ether oxygens (including phenoxy) is 8. The minimum Gasteiger partial charge on any atom is -0.491 e. The van der Waals surface area contributed by atoms with E-state index in [1.165, 1.54) is 0 Å². The molecular weight excluding hydrogens is 600 g/mol. The monoisotopic (exact) mass is 636 g/mol. The minimum atomic E-state index is 0.466. The zero-order chi connectivity index (χ0) is 25.8. The van der Waals surface area contributed by atoms with Gasteiger partial charge in [0.05, 0.1) is 66.1 Å². The molecule has 10 heteroatoms. The van der Waals surface area contributed by atoms with Crippen molar-refractivity contribution in [3.05, 3.63) is 35.4 Å². The summed E-state index contributed by atoms with van der Waals surface area (Å²) in [5, 5.41) is 3.61. The average Bonchev–Trinajstić information content (AvgIpc) is 2.90. The third-order valence-electron chi connectivity index (χ3n) is 5.18. The lowest BCUT2D eigenvalue weighted by Gasteiger charge is -2.17. The maximum absolute atomic E-state index is 6.03. The van der Waals surface area contributed by atoms with E-state index in [9.17, 15) is 0 Å². The molecule has 2 aromatic rings. The largest absolute Gasteiger partial charge is 0.491 e. The highest BCUT2D eigenvalue weighted by Crippen LogP contribution is 2.36. The Labute approximate surface area is 231 Å². The van der Waals surface area contributed by atoms with Crippen LogP contribution in [0.25, 0.3) is 10.8 Å². The number of fused-ring (bicyclic) bond motifs is 1. The van der Waals surface area contributed by atoms with Crippen LogP contribution in [0.4, 0.5) is 0 Å². The van der Waals surface area contributed by atoms with Crippen LogP contribution in [0.3, 0.4) is 0 Å². The summed E-state index contributed by atoms with van der Waals surface area (Å²) in [5.74, 6) is 1.68. The van der Waals surface area contributed by atoms with E-state index in [2.05, 4.69) is 44.0 Å². The number of hydrogen-bond acceptors (Lipinski definition) is 8. The summed E-state index contributed by atoms with van der Waals surface area (Å²) in [6.45, 7) is 6.39. The number of alkyl halides is 2. The van der Waals surface area contributed by atoms with E-state index in [1.807, 2.05) is 12.1 Å². The van der Waals surface area contributed by atoms with Gasteiger partial charge in [-0.3, -0.25) is 0 Å². The van der Waals surface area contributed by atoms with Crippen molar-refractivity contribution in [2.75, 3.05) is 93.5 Å². The smallest absolute Gasteiger partial charge is 0.124 e. The molecule has 0 aliphatic carbocycles. The lowest BCUT2D eigenvalue weighted by Crippen LogP contribution is -2.13. The SMILES string of the molecule is COCCOCCOCCOc1ccc2c(CBr)c(OCCOCCOCCOC)ccc2c1CBr. The predicted molar refractivity (Wildman–Crippen MR) is 147 cm³/mol. The van der Waals surface area contributed by atoms with Gasteiger partial charge < -0.3 is 37.9 Å². The fourth-order valence-corrected chi connectivity index (χ4v) is 4.54. The number of methoxy groups -OCH3 is 2. The number of rotatable bonds is 22. The van der Waals surface area contributed by atoms with Crippen LogP contribution in [0.5, 0.6) is 11.5 Å². The Morgan fingerprint density at radius 3 is 1.14 bits per heavy atom. The molecule has 0 aromatic heterocycles. The first-order valence-corrected chi connectivity index (χ1v) is 14.2. The summed E-state index contributed by atoms with van der Waals surface area (Å²) in [4.78, 5) is 0. The van der Waals surface area contributed by atoms with E-state index >= 15 is 0 Å². The van der Waals surface area contributed by atoms with Crippen LogP contribution in [0.2, 0.25) is 0 Å². The minimum absolute atomic E-state index is 0.466. The summed E-state index contributed by atoms with van der Waals surface area (Å²) >= 11 is 7.26. The molecule has 0 fully saturated rings. The molecule has 8 nitrogen and oxygen atoms in total. The fraction of sp³-hybridized carbons (Fsp3) is 0.615. The van der Waals surface area contributed by atoms with Crippen molar-refractivity contribution >= 4 is 42.6 Å². The fourth-order valence-electron chi connectivity index (χ4n) is 3.39. The maximum Gasteiger partial charge on any atom is 0.124 e. The highest BCUT2D eigenvalue weighted by molar-refractivity contribution is 9.08. The lowest BCUT2D eigenvalue weighted by molar-refractivity contribution is 0.0179. The van der Waals surface area contributed by atoms with E-state index in [4.69, 9.17) is 37.9 Å². The molecule has 0 N–H and O–H groups in total. The lowest BCUT2D eigenvalue weighted by atomic mass is 10.00. The molecule has 204 valence electrons. The average molecular weight is 638 g/mol. The first-order chi connectivity index (χ1) is 17.8. The third kappa shape index (κ3) is 11.2. The molecule has 0 spiro atoms. The van der Waals surface area contributed by atoms with E-state index in [0.29, 0.717) is 89.9 Å². The van der Waals surface area contributed by atoms with E-state index in [0.717, 1.165) is 33.4 Å². The Morgan fingerprint density at radius 2 is 0.806 bits per heavy atom. The Bertz CT molecular complexity index is 783. The highest BCUT2D eigenvalue weighted by atomic mass is 79.9. The Hall–Kier alpha value is -0.980. The van der Waals surface area contributed by atoms with Crippen molar-refractivity contribution < 1.29 is 37.9 Å². The summed E-state index contributed by atoms with van der Waals surface area (Å²) in [6.07, 6.45) is 0. The topological polar surface area (TPSA) is 73.8 Å². The van der Waals surface area contributed by atoms with Crippen LogP contribution in [0.15, 0.2) is 24.3 Å². The first kappa shape index (κ1) is 31.2. The van der Waals surface area contributed by atoms with Gasteiger partial charge >= 0.3 is 0 Å². The van der Waals surface area contributed by atoms with E-state index in [1.54, 1.807) is 14.2 Å². The molecule has 36 heavy (non-hydrogen) atoms. The first-order valence-electron chi connectivity index (χ1n) is 12.0. The van der Waals surface area contributed by atoms with Gasteiger partial charge in [0.15, 0.2) is 0 Å². The van der Waals surface area contributed by atoms with E-state index < -0.39 is 0 Å². The Kier molecular flexibility index (Phi) is 17.4. The number of halogens is 2. The van der Waals surface area contributed by atoms with Crippen LogP contribution >= 0.6 is 31.9 Å². The van der Waals surface area contributed by atoms with Gasteiger partial charge in [-0.15, -0.1) is 0 Å². The Morgan fingerprint density at radius 1 is 0.472 bits per heavy atom. The van der Waals surface area contributed by atoms with Crippen LogP contribution < -0.4 is 9.47 Å². The van der Waals surface area contributed by atoms with Crippen LogP contribution in [-0.4, -0.2) is 93.5 Å². The van der Waals surface area contributed by atoms with Gasteiger partial charge in [0, 0.05) is 36.0 Å². The zero-order valence-corrected chi connectivity index (χ0v) is 24.4. The standard InChI is InChI=1S/C26H38Br2O8/c1-29-7-9-31-11-13-33-15-17-35-25-5-3-22-21(23(25)19-27)4-6-26(24(22)20-28)36-18-16-34-14-12-32-10-8-30-2/h3-6H,7-20H2,1-2H3. The van der Waals surface area contributed by atoms with Gasteiger partial charge in [-0.2, -0.15) is 0 Å². The Balaban J connectivity index is 1.85. The second-order valence-corrected chi connectivity index (χ2v) is 8.70. The summed E-state index contributed by atoms with van der Waals surface area (Å²) in [5.41, 5.74) is 2.20. The van der Waals surface area contributed by atoms with Crippen LogP contribution in [0, 0.1) is 0 Å². The molecule has 2 rings (SSSR count). The van der Waals surface area contributed by atoms with Gasteiger partial charge in [-0.1, -0.05) is 44.0 Å². The second kappa shape index (κ2) is 20.0. The van der Waals surface area contributed by atoms with Gasteiger partial charge in [-0.05, 0) is 22.9 Å². The number of benzene rings is 2. The zero-order valence-electron chi connectivity index (χ0n) is 21.2. The van der Waals surface area contributed by atoms with Gasteiger partial charge in [0.1, 0.15) is 24.7 Å². The molecule has 0 atom stereocenters. The van der Waals surface area contributed by atoms with Crippen molar-refractivity contribution in [3.8, 4) is 11.5 Å². The van der Waals surface area contributed by atoms with Crippen molar-refractivity contribution in [1.29, 1.82) is 0 Å². The summed E-state index contributed by atoms with van der Waals surface area (Å²) in [7, 11) is 3.31. The number of hydrogen-bond donors (Lipinski definition) is 0. The molecule has 0 amide bonds. The van der Waals surface area contributed by atoms with Gasteiger partial charge in [0.2, 0.25) is 0 Å². The predicted octanol–water partition coefficient (Wildman–Crippen LogP) is 4.75. The van der Waals surface area contributed by atoms with Crippen molar-refractivity contribution in [3.63, 3.8) is 0 Å². The van der Waals surface area contributed by atoms with E-state index in [-0.39, 0.29) is 0 Å². The second-order valence-electron chi connectivity index (χ2n) is 7.58. The van der Waals surface area contributed by atoms with Crippen molar-refractivity contribution in [2.24, 2.45) is 0 Å². The summed E-state index contributed by atoms with van der Waals surface area (Å²) in [6, 6.07) is 8.18. The third-order valence-corrected chi connectivity index (χ3v) is 6.30. The van der Waals surface area contributed by atoms with Gasteiger partial charge in [-0.25, -0.2) is 0 Å². The normalized spacial score (nSPS) is 11.3. The molecule has 0 heterocycles. The van der Waals surface area contributed by atoms with Crippen LogP contribution in [-0.2, 0) is 39.1 Å². The molecule has 0 aliphatic heterocycles. The molecule has 2 aromatic carbocycles. The van der Waals surface area contributed by atoms with Crippen molar-refractivity contribution in [1.82, 2.24) is 0 Å². The molecule has 0 saturated heterocycles. The molecule has 0 aliphatic rings. The molecule has 0 bridgehead atoms. The molecule has 0 unspecified atom stereocenters. The molecule has 0 radical (unpaired) electrons. The maximum atomic E-state index is 6.03. The quantitative estimate of drug-likeness (QED) is 0.135. The highest BCUT2D eigenvalue weighted by Gasteiger charge is 2.14. The molecule has 0 saturated carbocycles. The van der Waals surface area contributed by atoms with Crippen LogP contribution in [0.1, 0.15) is 11.1 Å². The molecular formula is C26H38Br2O8.